The lowest BCUT2D eigenvalue weighted by molar-refractivity contribution is -0.185. The van der Waals surface area contributed by atoms with E-state index in [-0.39, 0.29) is 18.9 Å². The predicted molar refractivity (Wildman–Crippen MR) is 93.5 cm³/mol. The lowest BCUT2D eigenvalue weighted by atomic mass is 9.87. The molecule has 2 aliphatic rings. The summed E-state index contributed by atoms with van der Waals surface area (Å²) in [6.45, 7) is 2.85. The first kappa shape index (κ1) is 19.4. The Labute approximate surface area is 156 Å². The molecule has 0 N–H and O–H groups in total. The molecule has 1 saturated carbocycles. The van der Waals surface area contributed by atoms with Crippen LogP contribution in [0.4, 0.5) is 19.0 Å². The van der Waals surface area contributed by atoms with Gasteiger partial charge in [0, 0.05) is 44.8 Å². The summed E-state index contributed by atoms with van der Waals surface area (Å²) < 4.78 is 44.4. The van der Waals surface area contributed by atoms with Crippen molar-refractivity contribution in [1.82, 2.24) is 14.9 Å². The van der Waals surface area contributed by atoms with E-state index in [9.17, 15) is 18.0 Å². The van der Waals surface area contributed by atoms with E-state index >= 15 is 0 Å². The Balaban J connectivity index is 1.59. The van der Waals surface area contributed by atoms with E-state index in [0.29, 0.717) is 37.6 Å². The number of alkyl halides is 3. The molecule has 1 aromatic rings. The Kier molecular flexibility index (Phi) is 6.18. The summed E-state index contributed by atoms with van der Waals surface area (Å²) in [5, 5.41) is 0. The van der Waals surface area contributed by atoms with Gasteiger partial charge in [-0.05, 0) is 31.8 Å². The molecule has 148 valence electrons. The minimum absolute atomic E-state index is 0.0888. The van der Waals surface area contributed by atoms with Gasteiger partial charge in [0.2, 0.25) is 0 Å². The first-order valence-corrected chi connectivity index (χ1v) is 9.12. The summed E-state index contributed by atoms with van der Waals surface area (Å²) >= 11 is 0. The topological polar surface area (TPSA) is 58.6 Å². The van der Waals surface area contributed by atoms with Crippen molar-refractivity contribution in [2.75, 3.05) is 31.1 Å². The molecule has 3 rings (SSSR count). The molecule has 9 heteroatoms. The van der Waals surface area contributed by atoms with Crippen molar-refractivity contribution in [1.29, 1.82) is 0 Å². The second-order valence-electron chi connectivity index (χ2n) is 6.82. The maximum Gasteiger partial charge on any atom is 0.391 e. The number of aromatic nitrogens is 2. The van der Waals surface area contributed by atoms with Gasteiger partial charge >= 0.3 is 6.18 Å². The predicted octanol–water partition coefficient (Wildman–Crippen LogP) is 2.81. The second kappa shape index (κ2) is 8.58. The summed E-state index contributed by atoms with van der Waals surface area (Å²) in [7, 11) is 0. The van der Waals surface area contributed by atoms with Crippen molar-refractivity contribution in [2.24, 2.45) is 5.92 Å². The quantitative estimate of drug-likeness (QED) is 0.575. The van der Waals surface area contributed by atoms with Crippen LogP contribution < -0.4 is 9.64 Å². The van der Waals surface area contributed by atoms with Crippen molar-refractivity contribution < 1.29 is 22.7 Å². The molecule has 0 spiro atoms. The fourth-order valence-corrected chi connectivity index (χ4v) is 3.52. The number of rotatable bonds is 5. The number of carbonyl (C=O) groups is 1. The van der Waals surface area contributed by atoms with E-state index in [2.05, 4.69) is 14.9 Å². The molecule has 1 aliphatic carbocycles. The standard InChI is InChI=1S/C18H23F3N4O2/c19-18(20,21)14-2-4-15(5-3-14)27-17-16(22-6-7-23-17)25-11-9-24(10-12-25)8-1-13-26/h1,6-8,13-15H,2-5,9-12H2. The van der Waals surface area contributed by atoms with E-state index in [1.807, 2.05) is 4.90 Å². The van der Waals surface area contributed by atoms with Gasteiger partial charge < -0.3 is 14.5 Å². The first-order chi connectivity index (χ1) is 13.0. The number of hydrogen-bond donors (Lipinski definition) is 0. The number of hydrogen-bond acceptors (Lipinski definition) is 6. The van der Waals surface area contributed by atoms with Crippen LogP contribution in [-0.4, -0.2) is 59.6 Å². The molecule has 1 aliphatic heterocycles. The molecule has 0 amide bonds. The maximum atomic E-state index is 12.8. The van der Waals surface area contributed by atoms with Crippen LogP contribution in [0.2, 0.25) is 0 Å². The van der Waals surface area contributed by atoms with Crippen LogP contribution in [-0.2, 0) is 4.79 Å². The van der Waals surface area contributed by atoms with Gasteiger partial charge in [0.05, 0.1) is 5.92 Å². The van der Waals surface area contributed by atoms with E-state index in [1.165, 1.54) is 12.3 Å². The van der Waals surface area contributed by atoms with E-state index in [1.54, 1.807) is 12.4 Å². The van der Waals surface area contributed by atoms with Crippen molar-refractivity contribution >= 4 is 12.1 Å². The van der Waals surface area contributed by atoms with Crippen LogP contribution in [0.1, 0.15) is 25.7 Å². The average molecular weight is 384 g/mol. The maximum absolute atomic E-state index is 12.8. The van der Waals surface area contributed by atoms with Crippen LogP contribution in [0.15, 0.2) is 24.7 Å². The average Bonchev–Trinajstić information content (AvgIpc) is 2.67. The molecule has 2 fully saturated rings. The van der Waals surface area contributed by atoms with Crippen molar-refractivity contribution in [2.45, 2.75) is 38.0 Å². The Bertz CT molecular complexity index is 652. The van der Waals surface area contributed by atoms with Crippen molar-refractivity contribution in [3.63, 3.8) is 0 Å². The van der Waals surface area contributed by atoms with Crippen LogP contribution in [0.25, 0.3) is 0 Å². The van der Waals surface area contributed by atoms with Crippen molar-refractivity contribution in [3.05, 3.63) is 24.7 Å². The van der Waals surface area contributed by atoms with Gasteiger partial charge in [-0.25, -0.2) is 9.97 Å². The summed E-state index contributed by atoms with van der Waals surface area (Å²) in [5.74, 6) is -0.231. The summed E-state index contributed by atoms with van der Waals surface area (Å²) in [6.07, 6.45) is 3.60. The number of ether oxygens (including phenoxy) is 1. The van der Waals surface area contributed by atoms with E-state index in [0.717, 1.165) is 19.4 Å². The Hall–Kier alpha value is -2.32. The van der Waals surface area contributed by atoms with Crippen LogP contribution in [0.5, 0.6) is 5.88 Å². The third-order valence-electron chi connectivity index (χ3n) is 5.05. The van der Waals surface area contributed by atoms with E-state index < -0.39 is 12.1 Å². The monoisotopic (exact) mass is 384 g/mol. The van der Waals surface area contributed by atoms with Gasteiger partial charge in [-0.15, -0.1) is 0 Å². The molecular formula is C18H23F3N4O2. The largest absolute Gasteiger partial charge is 0.472 e. The number of piperazine rings is 1. The molecule has 0 bridgehead atoms. The molecule has 0 atom stereocenters. The lowest BCUT2D eigenvalue weighted by Crippen LogP contribution is -2.44. The van der Waals surface area contributed by atoms with Crippen LogP contribution in [0, 0.1) is 5.92 Å². The normalized spacial score (nSPS) is 24.3. The molecule has 1 aromatic heterocycles. The van der Waals surface area contributed by atoms with Gasteiger partial charge in [-0.2, -0.15) is 13.2 Å². The van der Waals surface area contributed by atoms with Crippen molar-refractivity contribution in [3.8, 4) is 5.88 Å². The molecule has 0 aromatic carbocycles. The Morgan fingerprint density at radius 2 is 1.70 bits per heavy atom. The molecule has 0 unspecified atom stereocenters. The zero-order chi connectivity index (χ0) is 19.3. The van der Waals surface area contributed by atoms with Crippen LogP contribution in [0.3, 0.4) is 0 Å². The second-order valence-corrected chi connectivity index (χ2v) is 6.82. The number of nitrogens with zero attached hydrogens (tertiary/aromatic N) is 4. The highest BCUT2D eigenvalue weighted by Crippen LogP contribution is 2.39. The van der Waals surface area contributed by atoms with Gasteiger partial charge in [0.15, 0.2) is 5.82 Å². The fraction of sp³-hybridized carbons (Fsp3) is 0.611. The van der Waals surface area contributed by atoms with Gasteiger partial charge in [0.1, 0.15) is 12.4 Å². The Morgan fingerprint density at radius 3 is 2.33 bits per heavy atom. The molecule has 27 heavy (non-hydrogen) atoms. The molecule has 0 radical (unpaired) electrons. The SMILES string of the molecule is O=CC=CN1CCN(c2nccnc2OC2CCC(C(F)(F)F)CC2)CC1. The molecule has 1 saturated heterocycles. The van der Waals surface area contributed by atoms with Crippen LogP contribution >= 0.6 is 0 Å². The van der Waals surface area contributed by atoms with Gasteiger partial charge in [0.25, 0.3) is 5.88 Å². The number of halogens is 3. The highest BCUT2D eigenvalue weighted by atomic mass is 19.4. The molecular weight excluding hydrogens is 361 g/mol. The van der Waals surface area contributed by atoms with E-state index in [4.69, 9.17) is 4.74 Å². The minimum Gasteiger partial charge on any atom is -0.472 e. The highest BCUT2D eigenvalue weighted by molar-refractivity contribution is 5.64. The summed E-state index contributed by atoms with van der Waals surface area (Å²) in [5.41, 5.74) is 0. The Morgan fingerprint density at radius 1 is 1.04 bits per heavy atom. The van der Waals surface area contributed by atoms with Gasteiger partial charge in [-0.1, -0.05) is 0 Å². The molecule has 2 heterocycles. The smallest absolute Gasteiger partial charge is 0.391 e. The van der Waals surface area contributed by atoms with Gasteiger partial charge in [-0.3, -0.25) is 4.79 Å². The first-order valence-electron chi connectivity index (χ1n) is 9.12. The zero-order valence-electron chi connectivity index (χ0n) is 14.9. The zero-order valence-corrected chi connectivity index (χ0v) is 14.9. The highest BCUT2D eigenvalue weighted by Gasteiger charge is 2.42. The fourth-order valence-electron chi connectivity index (χ4n) is 3.52. The number of aldehydes is 1. The summed E-state index contributed by atoms with van der Waals surface area (Å²) in [4.78, 5) is 23.2. The lowest BCUT2D eigenvalue weighted by Gasteiger charge is -2.35. The number of allylic oxidation sites excluding steroid dienone is 1. The number of carbonyl (C=O) groups excluding carboxylic acids is 1. The minimum atomic E-state index is -4.12. The third kappa shape index (κ3) is 5.11. The summed E-state index contributed by atoms with van der Waals surface area (Å²) in [6, 6.07) is 0. The molecule has 6 nitrogen and oxygen atoms in total. The number of anilines is 1. The third-order valence-corrected chi connectivity index (χ3v) is 5.05.